The molecular formula is C22H28N2O4S. The molecule has 0 bridgehead atoms. The van der Waals surface area contributed by atoms with Gasteiger partial charge in [0.1, 0.15) is 12.3 Å². The number of carbonyl (C=O) groups excluding carboxylic acids is 3. The number of ether oxygens (including phenoxy) is 1. The van der Waals surface area contributed by atoms with E-state index in [1.54, 1.807) is 11.0 Å². The Balaban J connectivity index is 1.60. The summed E-state index contributed by atoms with van der Waals surface area (Å²) in [5, 5.41) is -0.389. The minimum absolute atomic E-state index is 0.158. The molecule has 29 heavy (non-hydrogen) atoms. The average Bonchev–Trinajstić information content (AvgIpc) is 2.97. The Labute approximate surface area is 176 Å². The number of amides is 3. The highest BCUT2D eigenvalue weighted by Gasteiger charge is 2.37. The molecule has 3 rings (SSSR count). The molecule has 6 nitrogen and oxygen atoms in total. The summed E-state index contributed by atoms with van der Waals surface area (Å²) < 4.78 is 5.64. The number of hydrogen-bond donors (Lipinski definition) is 0. The second-order valence-corrected chi connectivity index (χ2v) is 8.60. The van der Waals surface area contributed by atoms with E-state index in [1.807, 2.05) is 24.3 Å². The quantitative estimate of drug-likeness (QED) is 0.493. The van der Waals surface area contributed by atoms with Gasteiger partial charge in [-0.15, -0.1) is 0 Å². The average molecular weight is 417 g/mol. The summed E-state index contributed by atoms with van der Waals surface area (Å²) in [5.41, 5.74) is 0.815. The number of carbonyl (C=O) groups is 3. The molecular weight excluding hydrogens is 388 g/mol. The lowest BCUT2D eigenvalue weighted by atomic mass is 9.99. The van der Waals surface area contributed by atoms with Gasteiger partial charge in [-0.3, -0.25) is 19.3 Å². The Hall–Kier alpha value is -2.28. The number of imide groups is 1. The third kappa shape index (κ3) is 5.63. The van der Waals surface area contributed by atoms with Gasteiger partial charge in [0.05, 0.1) is 11.5 Å². The van der Waals surface area contributed by atoms with Crippen LogP contribution in [-0.2, 0) is 9.59 Å². The monoisotopic (exact) mass is 416 g/mol. The summed E-state index contributed by atoms with van der Waals surface area (Å²) in [5.74, 6) is 0.837. The van der Waals surface area contributed by atoms with Gasteiger partial charge in [0.15, 0.2) is 0 Å². The third-order valence-electron chi connectivity index (χ3n) is 5.25. The van der Waals surface area contributed by atoms with Crippen molar-refractivity contribution in [2.24, 2.45) is 5.92 Å². The van der Waals surface area contributed by atoms with Crippen LogP contribution in [0.4, 0.5) is 4.79 Å². The van der Waals surface area contributed by atoms with Gasteiger partial charge in [-0.2, -0.15) is 0 Å². The minimum Gasteiger partial charge on any atom is -0.494 e. The van der Waals surface area contributed by atoms with Crippen molar-refractivity contribution in [3.05, 3.63) is 34.7 Å². The topological polar surface area (TPSA) is 66.9 Å². The van der Waals surface area contributed by atoms with Crippen molar-refractivity contribution >= 4 is 34.9 Å². The van der Waals surface area contributed by atoms with Crippen molar-refractivity contribution in [2.45, 2.75) is 39.5 Å². The number of unbranched alkanes of at least 4 members (excludes halogenated alkanes) is 1. The molecule has 2 fully saturated rings. The van der Waals surface area contributed by atoms with Gasteiger partial charge in [0.25, 0.3) is 11.1 Å². The van der Waals surface area contributed by atoms with Gasteiger partial charge in [0.2, 0.25) is 5.91 Å². The number of benzene rings is 1. The van der Waals surface area contributed by atoms with E-state index in [0.29, 0.717) is 30.5 Å². The first-order valence-corrected chi connectivity index (χ1v) is 11.1. The Bertz CT molecular complexity index is 783. The van der Waals surface area contributed by atoms with Crippen LogP contribution in [-0.4, -0.2) is 53.1 Å². The van der Waals surface area contributed by atoms with E-state index in [0.717, 1.165) is 53.7 Å². The summed E-state index contributed by atoms with van der Waals surface area (Å²) in [7, 11) is 0. The lowest BCUT2D eigenvalue weighted by Crippen LogP contribution is -2.45. The van der Waals surface area contributed by atoms with Crippen LogP contribution in [0.3, 0.4) is 0 Å². The summed E-state index contributed by atoms with van der Waals surface area (Å²) in [6.07, 6.45) is 5.70. The summed E-state index contributed by atoms with van der Waals surface area (Å²) in [6.45, 7) is 6.17. The zero-order chi connectivity index (χ0) is 20.8. The van der Waals surface area contributed by atoms with Crippen LogP contribution < -0.4 is 4.74 Å². The molecule has 0 saturated carbocycles. The number of likely N-dealkylation sites (tertiary alicyclic amines) is 1. The number of nitrogens with zero attached hydrogens (tertiary/aromatic N) is 2. The van der Waals surface area contributed by atoms with E-state index >= 15 is 0 Å². The number of piperidine rings is 1. The lowest BCUT2D eigenvalue weighted by Gasteiger charge is -2.31. The standard InChI is InChI=1S/C22H28N2O4S/c1-3-4-13-28-18-7-5-17(6-8-18)14-19-21(26)24(22(27)29-19)15-20(25)23-11-9-16(2)10-12-23/h5-8,14,16H,3-4,9-13,15H2,1-2H3/b19-14-. The summed E-state index contributed by atoms with van der Waals surface area (Å²) in [4.78, 5) is 40.6. The molecule has 7 heteroatoms. The summed E-state index contributed by atoms with van der Waals surface area (Å²) >= 11 is 0.883. The van der Waals surface area contributed by atoms with Crippen LogP contribution in [0, 0.1) is 5.92 Å². The van der Waals surface area contributed by atoms with Crippen LogP contribution in [0.2, 0.25) is 0 Å². The van der Waals surface area contributed by atoms with E-state index in [-0.39, 0.29) is 17.7 Å². The molecule has 0 atom stereocenters. The van der Waals surface area contributed by atoms with Crippen LogP contribution >= 0.6 is 11.8 Å². The molecule has 2 aliphatic rings. The fourth-order valence-corrected chi connectivity index (χ4v) is 4.11. The maximum Gasteiger partial charge on any atom is 0.294 e. The molecule has 0 unspecified atom stereocenters. The van der Waals surface area contributed by atoms with E-state index in [4.69, 9.17) is 4.74 Å². The van der Waals surface area contributed by atoms with Gasteiger partial charge in [-0.05, 0) is 60.7 Å². The Morgan fingerprint density at radius 3 is 2.55 bits per heavy atom. The van der Waals surface area contributed by atoms with Crippen molar-refractivity contribution in [1.82, 2.24) is 9.80 Å². The van der Waals surface area contributed by atoms with Crippen molar-refractivity contribution in [3.63, 3.8) is 0 Å². The normalized spacial score (nSPS) is 19.3. The molecule has 1 aromatic rings. The zero-order valence-electron chi connectivity index (χ0n) is 17.1. The predicted molar refractivity (Wildman–Crippen MR) is 115 cm³/mol. The van der Waals surface area contributed by atoms with Gasteiger partial charge in [-0.25, -0.2) is 0 Å². The lowest BCUT2D eigenvalue weighted by molar-refractivity contribution is -0.136. The Morgan fingerprint density at radius 1 is 1.21 bits per heavy atom. The number of rotatable bonds is 7. The van der Waals surface area contributed by atoms with E-state index in [1.165, 1.54) is 0 Å². The first-order chi connectivity index (χ1) is 14.0. The van der Waals surface area contributed by atoms with Gasteiger partial charge in [0, 0.05) is 13.1 Å². The van der Waals surface area contributed by atoms with Gasteiger partial charge in [-0.1, -0.05) is 32.4 Å². The fourth-order valence-electron chi connectivity index (χ4n) is 3.28. The molecule has 2 saturated heterocycles. The number of hydrogen-bond acceptors (Lipinski definition) is 5. The Kier molecular flexibility index (Phi) is 7.36. The molecule has 3 amide bonds. The maximum atomic E-state index is 12.7. The third-order valence-corrected chi connectivity index (χ3v) is 6.16. The molecule has 0 N–H and O–H groups in total. The minimum atomic E-state index is -0.401. The molecule has 156 valence electrons. The highest BCUT2D eigenvalue weighted by atomic mass is 32.2. The van der Waals surface area contributed by atoms with Crippen molar-refractivity contribution in [2.75, 3.05) is 26.2 Å². The molecule has 0 aliphatic carbocycles. The predicted octanol–water partition coefficient (Wildman–Crippen LogP) is 4.16. The van der Waals surface area contributed by atoms with Gasteiger partial charge < -0.3 is 9.64 Å². The second kappa shape index (κ2) is 9.96. The summed E-state index contributed by atoms with van der Waals surface area (Å²) in [6, 6.07) is 7.42. The molecule has 1 aromatic carbocycles. The van der Waals surface area contributed by atoms with Gasteiger partial charge >= 0.3 is 0 Å². The van der Waals surface area contributed by atoms with Crippen LogP contribution in [0.25, 0.3) is 6.08 Å². The van der Waals surface area contributed by atoms with E-state index < -0.39 is 5.91 Å². The van der Waals surface area contributed by atoms with E-state index in [2.05, 4.69) is 13.8 Å². The Morgan fingerprint density at radius 2 is 1.90 bits per heavy atom. The largest absolute Gasteiger partial charge is 0.494 e. The van der Waals surface area contributed by atoms with Crippen LogP contribution in [0.5, 0.6) is 5.75 Å². The van der Waals surface area contributed by atoms with Crippen molar-refractivity contribution in [3.8, 4) is 5.75 Å². The van der Waals surface area contributed by atoms with Crippen molar-refractivity contribution < 1.29 is 19.1 Å². The highest BCUT2D eigenvalue weighted by molar-refractivity contribution is 8.18. The molecule has 0 aromatic heterocycles. The fraction of sp³-hybridized carbons (Fsp3) is 0.500. The maximum absolute atomic E-state index is 12.7. The molecule has 2 aliphatic heterocycles. The van der Waals surface area contributed by atoms with Crippen molar-refractivity contribution in [1.29, 1.82) is 0 Å². The highest BCUT2D eigenvalue weighted by Crippen LogP contribution is 2.32. The van der Waals surface area contributed by atoms with E-state index in [9.17, 15) is 14.4 Å². The SMILES string of the molecule is CCCCOc1ccc(/C=C2\SC(=O)N(CC(=O)N3CCC(C)CC3)C2=O)cc1. The van der Waals surface area contributed by atoms with Crippen LogP contribution in [0.15, 0.2) is 29.2 Å². The zero-order valence-corrected chi connectivity index (χ0v) is 17.9. The van der Waals surface area contributed by atoms with Crippen LogP contribution in [0.1, 0.15) is 45.1 Å². The molecule has 0 spiro atoms. The first kappa shape index (κ1) is 21.4. The number of thioether (sulfide) groups is 1. The molecule has 2 heterocycles. The smallest absolute Gasteiger partial charge is 0.294 e. The first-order valence-electron chi connectivity index (χ1n) is 10.2. The molecule has 0 radical (unpaired) electrons. The second-order valence-electron chi connectivity index (χ2n) is 7.60.